The maximum Gasteiger partial charge on any atom is 0.289 e. The molecule has 2 aromatic heterocycles. The Morgan fingerprint density at radius 3 is 2.86 bits per heavy atom. The van der Waals surface area contributed by atoms with Crippen LogP contribution in [0.25, 0.3) is 10.6 Å². The fourth-order valence-corrected chi connectivity index (χ4v) is 2.65. The van der Waals surface area contributed by atoms with Gasteiger partial charge in [-0.3, -0.25) is 10.1 Å². The zero-order valence-electron chi connectivity index (χ0n) is 6.64. The van der Waals surface area contributed by atoms with Gasteiger partial charge in [-0.2, -0.15) is 0 Å². The number of nitro groups is 1. The summed E-state index contributed by atoms with van der Waals surface area (Å²) < 4.78 is 0.391. The van der Waals surface area contributed by atoms with Crippen LogP contribution in [0, 0.1) is 10.1 Å². The van der Waals surface area contributed by atoms with E-state index in [-0.39, 0.29) is 5.69 Å². The van der Waals surface area contributed by atoms with Crippen molar-refractivity contribution in [1.29, 1.82) is 0 Å². The van der Waals surface area contributed by atoms with Crippen LogP contribution >= 0.6 is 34.3 Å². The van der Waals surface area contributed by atoms with Crippen molar-refractivity contribution in [3.05, 3.63) is 31.4 Å². The lowest BCUT2D eigenvalue weighted by Crippen LogP contribution is -1.87. The Labute approximate surface area is 91.9 Å². The van der Waals surface area contributed by atoms with Gasteiger partial charge >= 0.3 is 0 Å². The molecule has 72 valence electrons. The summed E-state index contributed by atoms with van der Waals surface area (Å²) in [5.41, 5.74) is 0.652. The maximum absolute atomic E-state index is 10.6. The summed E-state index contributed by atoms with van der Waals surface area (Å²) in [6.07, 6.45) is 0. The first-order chi connectivity index (χ1) is 6.68. The molecule has 0 unspecified atom stereocenters. The number of thiazole rings is 1. The smallest absolute Gasteiger partial charge is 0.258 e. The molecular weight excluding hydrogens is 244 g/mol. The molecule has 2 aromatic rings. The number of thiophene rings is 1. The van der Waals surface area contributed by atoms with Crippen molar-refractivity contribution >= 4 is 40.0 Å². The van der Waals surface area contributed by atoms with Crippen LogP contribution in [0.15, 0.2) is 16.8 Å². The van der Waals surface area contributed by atoms with E-state index in [0.717, 1.165) is 0 Å². The molecule has 7 heteroatoms. The normalized spacial score (nSPS) is 10.4. The Balaban J connectivity index is 2.51. The topological polar surface area (TPSA) is 56.0 Å². The second kappa shape index (κ2) is 3.64. The van der Waals surface area contributed by atoms with E-state index in [4.69, 9.17) is 11.6 Å². The highest BCUT2D eigenvalue weighted by Crippen LogP contribution is 2.36. The Bertz CT molecular complexity index is 479. The van der Waals surface area contributed by atoms with E-state index in [1.54, 1.807) is 10.8 Å². The van der Waals surface area contributed by atoms with Crippen LogP contribution in [0.1, 0.15) is 0 Å². The molecule has 0 fully saturated rings. The van der Waals surface area contributed by atoms with Gasteiger partial charge in [0.15, 0.2) is 4.47 Å². The highest BCUT2D eigenvalue weighted by Gasteiger charge is 2.18. The van der Waals surface area contributed by atoms with Gasteiger partial charge in [0.2, 0.25) is 0 Å². The third-order valence-corrected chi connectivity index (χ3v) is 3.45. The average molecular weight is 247 g/mol. The molecular formula is C7H3ClN2O2S2. The minimum absolute atomic E-state index is 0.0805. The number of hydrogen-bond donors (Lipinski definition) is 0. The zero-order valence-corrected chi connectivity index (χ0v) is 9.03. The van der Waals surface area contributed by atoms with Crippen molar-refractivity contribution < 1.29 is 4.92 Å². The molecule has 0 atom stereocenters. The van der Waals surface area contributed by atoms with Crippen LogP contribution in [0.5, 0.6) is 0 Å². The first-order valence-corrected chi connectivity index (χ1v) is 5.65. The number of rotatable bonds is 2. The molecule has 0 saturated carbocycles. The Morgan fingerprint density at radius 1 is 1.50 bits per heavy atom. The number of nitrogens with zero attached hydrogens (tertiary/aromatic N) is 2. The first kappa shape index (κ1) is 9.57. The van der Waals surface area contributed by atoms with Crippen LogP contribution < -0.4 is 0 Å². The van der Waals surface area contributed by atoms with E-state index in [1.165, 1.54) is 28.7 Å². The molecule has 2 rings (SSSR count). The van der Waals surface area contributed by atoms with E-state index < -0.39 is 4.92 Å². The predicted molar refractivity (Wildman–Crippen MR) is 57.1 cm³/mol. The van der Waals surface area contributed by atoms with Crippen molar-refractivity contribution in [3.63, 3.8) is 0 Å². The minimum Gasteiger partial charge on any atom is -0.258 e. The highest BCUT2D eigenvalue weighted by atomic mass is 35.5. The summed E-state index contributed by atoms with van der Waals surface area (Å²) in [7, 11) is 0. The molecule has 4 nitrogen and oxygen atoms in total. The van der Waals surface area contributed by atoms with Crippen LogP contribution in [0.2, 0.25) is 4.47 Å². The molecule has 0 amide bonds. The number of hydrogen-bond acceptors (Lipinski definition) is 5. The summed E-state index contributed by atoms with van der Waals surface area (Å²) in [6, 6.07) is 1.47. The Morgan fingerprint density at radius 2 is 2.29 bits per heavy atom. The third-order valence-electron chi connectivity index (χ3n) is 1.55. The van der Waals surface area contributed by atoms with E-state index in [0.29, 0.717) is 15.0 Å². The van der Waals surface area contributed by atoms with Gasteiger partial charge in [0, 0.05) is 11.4 Å². The molecule has 0 radical (unpaired) electrons. The van der Waals surface area contributed by atoms with Gasteiger partial charge < -0.3 is 0 Å². The van der Waals surface area contributed by atoms with E-state index in [9.17, 15) is 10.1 Å². The molecule has 2 heterocycles. The molecule has 0 bridgehead atoms. The maximum atomic E-state index is 10.6. The van der Waals surface area contributed by atoms with Gasteiger partial charge in [0.1, 0.15) is 4.88 Å². The summed E-state index contributed by atoms with van der Waals surface area (Å²) >= 11 is 8.20. The van der Waals surface area contributed by atoms with E-state index in [1.807, 2.05) is 0 Å². The minimum atomic E-state index is -0.418. The molecule has 14 heavy (non-hydrogen) atoms. The summed E-state index contributed by atoms with van der Waals surface area (Å²) in [5.74, 6) is 0. The quantitative estimate of drug-likeness (QED) is 0.603. The summed E-state index contributed by atoms with van der Waals surface area (Å²) in [5, 5.41) is 14.0. The van der Waals surface area contributed by atoms with Crippen LogP contribution in [-0.4, -0.2) is 9.91 Å². The molecule has 0 N–H and O–H groups in total. The lowest BCUT2D eigenvalue weighted by Gasteiger charge is -1.90. The van der Waals surface area contributed by atoms with Crippen molar-refractivity contribution in [1.82, 2.24) is 4.98 Å². The van der Waals surface area contributed by atoms with Crippen LogP contribution in [0.3, 0.4) is 0 Å². The van der Waals surface area contributed by atoms with E-state index in [2.05, 4.69) is 4.98 Å². The fraction of sp³-hybridized carbons (Fsp3) is 0. The van der Waals surface area contributed by atoms with Crippen LogP contribution in [-0.2, 0) is 0 Å². The molecule has 0 aliphatic rings. The Kier molecular flexibility index (Phi) is 2.49. The van der Waals surface area contributed by atoms with Crippen molar-refractivity contribution in [2.24, 2.45) is 0 Å². The SMILES string of the molecule is O=[N+]([O-])c1ccsc1-c1csc(Cl)n1. The largest absolute Gasteiger partial charge is 0.289 e. The summed E-state index contributed by atoms with van der Waals surface area (Å²) in [4.78, 5) is 14.7. The number of halogens is 1. The standard InChI is InChI=1S/C7H3ClN2O2S2/c8-7-9-4(3-14-7)6-5(10(11)12)1-2-13-6/h1-3H. The zero-order chi connectivity index (χ0) is 10.1. The summed E-state index contributed by atoms with van der Waals surface area (Å²) in [6.45, 7) is 0. The van der Waals surface area contributed by atoms with Gasteiger partial charge in [0.05, 0.1) is 10.6 Å². The fourth-order valence-electron chi connectivity index (χ4n) is 0.994. The van der Waals surface area contributed by atoms with Gasteiger partial charge in [-0.25, -0.2) is 4.98 Å². The lowest BCUT2D eigenvalue weighted by atomic mass is 10.3. The van der Waals surface area contributed by atoms with Gasteiger partial charge in [-0.05, 0) is 5.38 Å². The van der Waals surface area contributed by atoms with Crippen molar-refractivity contribution in [2.75, 3.05) is 0 Å². The lowest BCUT2D eigenvalue weighted by molar-refractivity contribution is -0.383. The molecule has 0 spiro atoms. The van der Waals surface area contributed by atoms with Gasteiger partial charge in [0.25, 0.3) is 5.69 Å². The highest BCUT2D eigenvalue weighted by molar-refractivity contribution is 7.16. The van der Waals surface area contributed by atoms with Gasteiger partial charge in [-0.15, -0.1) is 22.7 Å². The number of aromatic nitrogens is 1. The molecule has 0 saturated heterocycles. The predicted octanol–water partition coefficient (Wildman–Crippen LogP) is 3.43. The monoisotopic (exact) mass is 246 g/mol. The molecule has 0 aliphatic carbocycles. The second-order valence-corrected chi connectivity index (χ2v) is 4.73. The second-order valence-electron chi connectivity index (χ2n) is 2.38. The van der Waals surface area contributed by atoms with Crippen molar-refractivity contribution in [3.8, 4) is 10.6 Å². The average Bonchev–Trinajstić information content (AvgIpc) is 2.70. The molecule has 0 aliphatic heterocycles. The van der Waals surface area contributed by atoms with E-state index >= 15 is 0 Å². The van der Waals surface area contributed by atoms with Crippen LogP contribution in [0.4, 0.5) is 5.69 Å². The molecule has 0 aromatic carbocycles. The van der Waals surface area contributed by atoms with Gasteiger partial charge in [-0.1, -0.05) is 11.6 Å². The third kappa shape index (κ3) is 1.63. The van der Waals surface area contributed by atoms with Crippen molar-refractivity contribution in [2.45, 2.75) is 0 Å². The first-order valence-electron chi connectivity index (χ1n) is 3.52. The Hall–Kier alpha value is -0.980.